The van der Waals surface area contributed by atoms with Crippen molar-refractivity contribution in [3.05, 3.63) is 95.0 Å². The lowest BCUT2D eigenvalue weighted by Crippen LogP contribution is -2.30. The van der Waals surface area contributed by atoms with E-state index in [2.05, 4.69) is 0 Å². The molecule has 0 saturated heterocycles. The van der Waals surface area contributed by atoms with E-state index in [1.165, 1.54) is 4.31 Å². The number of benzene rings is 3. The molecule has 0 aromatic heterocycles. The minimum absolute atomic E-state index is 0.209. The van der Waals surface area contributed by atoms with Crippen LogP contribution in [0.15, 0.2) is 83.8 Å². The molecule has 0 N–H and O–H groups in total. The Bertz CT molecular complexity index is 955. The summed E-state index contributed by atoms with van der Waals surface area (Å²) >= 11 is 6.06. The van der Waals surface area contributed by atoms with E-state index in [1.54, 1.807) is 48.5 Å². The number of hydrogen-bond acceptors (Lipinski definition) is 2. The fraction of sp³-hybridized carbons (Fsp3) is 0.100. The minimum atomic E-state index is -3.69. The van der Waals surface area contributed by atoms with Gasteiger partial charge < -0.3 is 0 Å². The Kier molecular flexibility index (Phi) is 5.11. The summed E-state index contributed by atoms with van der Waals surface area (Å²) in [6, 6.07) is 23.2. The number of rotatable bonds is 5. The van der Waals surface area contributed by atoms with Gasteiger partial charge in [-0.3, -0.25) is 4.31 Å². The van der Waals surface area contributed by atoms with Crippen LogP contribution in [0.4, 0.5) is 5.69 Å². The van der Waals surface area contributed by atoms with Gasteiger partial charge in [0.2, 0.25) is 0 Å². The highest BCUT2D eigenvalue weighted by Gasteiger charge is 2.25. The Morgan fingerprint density at radius 3 is 2.20 bits per heavy atom. The first-order valence-electron chi connectivity index (χ1n) is 7.86. The van der Waals surface area contributed by atoms with Crippen molar-refractivity contribution in [2.45, 2.75) is 18.4 Å². The highest BCUT2D eigenvalue weighted by Crippen LogP contribution is 2.26. The van der Waals surface area contributed by atoms with E-state index in [-0.39, 0.29) is 11.4 Å². The van der Waals surface area contributed by atoms with Crippen LogP contribution in [0.3, 0.4) is 0 Å². The van der Waals surface area contributed by atoms with E-state index in [9.17, 15) is 8.42 Å². The number of sulfonamides is 1. The zero-order valence-electron chi connectivity index (χ0n) is 13.8. The second-order valence-corrected chi connectivity index (χ2v) is 8.09. The van der Waals surface area contributed by atoms with Crippen molar-refractivity contribution in [2.24, 2.45) is 0 Å². The van der Waals surface area contributed by atoms with Gasteiger partial charge in [-0.15, -0.1) is 0 Å². The zero-order valence-corrected chi connectivity index (χ0v) is 15.3. The Morgan fingerprint density at radius 2 is 1.56 bits per heavy atom. The average molecular weight is 372 g/mol. The lowest BCUT2D eigenvalue weighted by Gasteiger charge is -2.25. The molecule has 0 bridgehead atoms. The number of anilines is 1. The molecule has 0 saturated carbocycles. The Morgan fingerprint density at radius 1 is 0.880 bits per heavy atom. The van der Waals surface area contributed by atoms with E-state index >= 15 is 0 Å². The fourth-order valence-electron chi connectivity index (χ4n) is 2.55. The molecule has 5 heteroatoms. The molecule has 0 fully saturated rings. The highest BCUT2D eigenvalue weighted by molar-refractivity contribution is 7.92. The summed E-state index contributed by atoms with van der Waals surface area (Å²) in [6.45, 7) is 2.14. The van der Waals surface area contributed by atoms with Crippen molar-refractivity contribution in [2.75, 3.05) is 4.31 Å². The van der Waals surface area contributed by atoms with Crippen LogP contribution in [0.1, 0.15) is 11.1 Å². The minimum Gasteiger partial charge on any atom is -0.262 e. The van der Waals surface area contributed by atoms with E-state index in [0.29, 0.717) is 10.7 Å². The summed E-state index contributed by atoms with van der Waals surface area (Å²) in [7, 11) is -3.69. The van der Waals surface area contributed by atoms with Crippen LogP contribution in [0, 0.1) is 6.92 Å². The van der Waals surface area contributed by atoms with Gasteiger partial charge in [-0.05, 0) is 48.9 Å². The molecule has 3 aromatic rings. The van der Waals surface area contributed by atoms with E-state index in [0.717, 1.165) is 11.1 Å². The lowest BCUT2D eigenvalue weighted by atomic mass is 10.2. The predicted molar refractivity (Wildman–Crippen MR) is 102 cm³/mol. The van der Waals surface area contributed by atoms with Gasteiger partial charge in [0.1, 0.15) is 0 Å². The summed E-state index contributed by atoms with van der Waals surface area (Å²) in [4.78, 5) is 0.268. The second kappa shape index (κ2) is 7.30. The third kappa shape index (κ3) is 4.03. The second-order valence-electron chi connectivity index (χ2n) is 5.79. The first kappa shape index (κ1) is 17.5. The summed E-state index contributed by atoms with van der Waals surface area (Å²) in [5.74, 6) is 0. The maximum Gasteiger partial charge on any atom is 0.264 e. The monoisotopic (exact) mass is 371 g/mol. The van der Waals surface area contributed by atoms with Crippen LogP contribution in [0.25, 0.3) is 0 Å². The molecular weight excluding hydrogens is 354 g/mol. The summed E-state index contributed by atoms with van der Waals surface area (Å²) < 4.78 is 27.9. The van der Waals surface area contributed by atoms with Crippen LogP contribution in [-0.4, -0.2) is 8.42 Å². The molecule has 3 nitrogen and oxygen atoms in total. The molecule has 0 heterocycles. The van der Waals surface area contributed by atoms with Crippen molar-refractivity contribution in [1.29, 1.82) is 0 Å². The van der Waals surface area contributed by atoms with Gasteiger partial charge in [-0.25, -0.2) is 8.42 Å². The van der Waals surface area contributed by atoms with E-state index in [4.69, 9.17) is 11.6 Å². The number of para-hydroxylation sites is 1. The highest BCUT2D eigenvalue weighted by atomic mass is 35.5. The zero-order chi connectivity index (χ0) is 17.9. The molecule has 0 atom stereocenters. The smallest absolute Gasteiger partial charge is 0.262 e. The molecule has 25 heavy (non-hydrogen) atoms. The molecule has 0 aliphatic heterocycles. The van der Waals surface area contributed by atoms with Crippen LogP contribution in [-0.2, 0) is 16.6 Å². The number of hydrogen-bond donors (Lipinski definition) is 0. The van der Waals surface area contributed by atoms with Crippen LogP contribution in [0.2, 0.25) is 5.02 Å². The van der Waals surface area contributed by atoms with Crippen molar-refractivity contribution in [3.8, 4) is 0 Å². The number of halogens is 1. The number of aryl methyl sites for hydroxylation is 1. The van der Waals surface area contributed by atoms with Gasteiger partial charge in [-0.2, -0.15) is 0 Å². The van der Waals surface area contributed by atoms with E-state index < -0.39 is 10.0 Å². The van der Waals surface area contributed by atoms with Crippen LogP contribution < -0.4 is 4.31 Å². The molecule has 3 aromatic carbocycles. The van der Waals surface area contributed by atoms with E-state index in [1.807, 2.05) is 37.3 Å². The van der Waals surface area contributed by atoms with Crippen molar-refractivity contribution >= 4 is 27.3 Å². The van der Waals surface area contributed by atoms with Crippen molar-refractivity contribution < 1.29 is 8.42 Å². The summed E-state index contributed by atoms with van der Waals surface area (Å²) in [5, 5.41) is 0.582. The SMILES string of the molecule is Cc1ccc(S(=O)(=O)N(Cc2cccc(Cl)c2)c2ccccc2)cc1. The molecule has 0 unspecified atom stereocenters. The van der Waals surface area contributed by atoms with Gasteiger partial charge in [-0.1, -0.05) is 59.6 Å². The third-order valence-electron chi connectivity index (χ3n) is 3.87. The molecule has 0 aliphatic rings. The Labute approximate surface area is 153 Å². The molecule has 0 spiro atoms. The Balaban J connectivity index is 2.06. The van der Waals surface area contributed by atoms with Crippen molar-refractivity contribution in [1.82, 2.24) is 0 Å². The lowest BCUT2D eigenvalue weighted by molar-refractivity contribution is 0.590. The molecule has 0 radical (unpaired) electrons. The van der Waals surface area contributed by atoms with Crippen LogP contribution in [0.5, 0.6) is 0 Å². The molecule has 0 amide bonds. The first-order valence-corrected chi connectivity index (χ1v) is 9.67. The summed E-state index contributed by atoms with van der Waals surface area (Å²) in [5.41, 5.74) is 2.45. The molecular formula is C20H18ClNO2S. The van der Waals surface area contributed by atoms with Gasteiger partial charge in [0.25, 0.3) is 10.0 Å². The maximum absolute atomic E-state index is 13.2. The molecule has 3 rings (SSSR count). The standard InChI is InChI=1S/C20H18ClNO2S/c1-16-10-12-20(13-11-16)25(23,24)22(19-8-3-2-4-9-19)15-17-6-5-7-18(21)14-17/h2-14H,15H2,1H3. The first-order chi connectivity index (χ1) is 12.0. The van der Waals surface area contributed by atoms with Crippen molar-refractivity contribution in [3.63, 3.8) is 0 Å². The number of nitrogens with zero attached hydrogens (tertiary/aromatic N) is 1. The maximum atomic E-state index is 13.2. The molecule has 0 aliphatic carbocycles. The normalized spacial score (nSPS) is 11.3. The fourth-order valence-corrected chi connectivity index (χ4v) is 4.21. The van der Waals surface area contributed by atoms with Gasteiger partial charge >= 0.3 is 0 Å². The van der Waals surface area contributed by atoms with Crippen LogP contribution >= 0.6 is 11.6 Å². The van der Waals surface area contributed by atoms with Gasteiger partial charge in [0.15, 0.2) is 0 Å². The quantitative estimate of drug-likeness (QED) is 0.629. The predicted octanol–water partition coefficient (Wildman–Crippen LogP) is 5.04. The largest absolute Gasteiger partial charge is 0.264 e. The molecule has 128 valence electrons. The third-order valence-corrected chi connectivity index (χ3v) is 5.89. The summed E-state index contributed by atoms with van der Waals surface area (Å²) in [6.07, 6.45) is 0. The Hall–Kier alpha value is -2.30. The average Bonchev–Trinajstić information content (AvgIpc) is 2.61. The van der Waals surface area contributed by atoms with Gasteiger partial charge in [0.05, 0.1) is 17.1 Å². The van der Waals surface area contributed by atoms with Gasteiger partial charge in [0, 0.05) is 5.02 Å². The topological polar surface area (TPSA) is 37.4 Å².